The van der Waals surface area contributed by atoms with Gasteiger partial charge in [-0.2, -0.15) is 0 Å². The molecule has 1 aromatic carbocycles. The molecule has 1 N–H and O–H groups in total. The molecular weight excluding hydrogens is 394 g/mol. The van der Waals surface area contributed by atoms with E-state index in [4.69, 9.17) is 4.74 Å². The van der Waals surface area contributed by atoms with E-state index in [1.54, 1.807) is 54.7 Å². The number of amides is 1. The van der Waals surface area contributed by atoms with E-state index in [0.29, 0.717) is 23.4 Å². The number of carbonyl (C=O) groups excluding carboxylic acids is 2. The number of methoxy groups -OCH3 is 1. The number of Topliss-reactive ketones (excluding diaryl/α,β-unsaturated/α-hetero) is 1. The first-order chi connectivity index (χ1) is 15.0. The Hall–Kier alpha value is -3.19. The molecule has 1 aliphatic rings. The van der Waals surface area contributed by atoms with Crippen LogP contribution in [0.1, 0.15) is 37.4 Å². The third-order valence-corrected chi connectivity index (χ3v) is 5.67. The van der Waals surface area contributed by atoms with Crippen molar-refractivity contribution in [1.82, 2.24) is 14.8 Å². The lowest BCUT2D eigenvalue weighted by atomic mass is 9.96. The van der Waals surface area contributed by atoms with Gasteiger partial charge in [0, 0.05) is 24.5 Å². The smallest absolute Gasteiger partial charge is 0.295 e. The summed E-state index contributed by atoms with van der Waals surface area (Å²) in [6.45, 7) is 7.30. The molecule has 2 heterocycles. The average Bonchev–Trinajstić information content (AvgIpc) is 3.07. The molecule has 7 nitrogen and oxygen atoms in total. The molecule has 31 heavy (non-hydrogen) atoms. The Balaban J connectivity index is 1.98. The number of ketones is 1. The molecule has 164 valence electrons. The number of aromatic nitrogens is 1. The van der Waals surface area contributed by atoms with Gasteiger partial charge in [0.1, 0.15) is 11.5 Å². The molecule has 1 aliphatic heterocycles. The molecule has 0 bridgehead atoms. The van der Waals surface area contributed by atoms with E-state index >= 15 is 0 Å². The van der Waals surface area contributed by atoms with E-state index in [1.807, 2.05) is 6.07 Å². The van der Waals surface area contributed by atoms with Gasteiger partial charge in [0.2, 0.25) is 0 Å². The van der Waals surface area contributed by atoms with Crippen LogP contribution in [-0.4, -0.2) is 64.9 Å². The summed E-state index contributed by atoms with van der Waals surface area (Å²) in [4.78, 5) is 33.9. The van der Waals surface area contributed by atoms with Crippen molar-refractivity contribution < 1.29 is 19.4 Å². The van der Waals surface area contributed by atoms with Gasteiger partial charge in [0.15, 0.2) is 0 Å². The lowest BCUT2D eigenvalue weighted by Gasteiger charge is -2.26. The maximum absolute atomic E-state index is 13.0. The Labute approximate surface area is 183 Å². The minimum Gasteiger partial charge on any atom is -0.507 e. The Morgan fingerprint density at radius 2 is 1.87 bits per heavy atom. The number of likely N-dealkylation sites (tertiary alicyclic amines) is 1. The van der Waals surface area contributed by atoms with Crippen LogP contribution >= 0.6 is 0 Å². The summed E-state index contributed by atoms with van der Waals surface area (Å²) in [5, 5.41) is 11.0. The summed E-state index contributed by atoms with van der Waals surface area (Å²) in [6.07, 6.45) is 4.00. The van der Waals surface area contributed by atoms with Gasteiger partial charge in [-0.15, -0.1) is 0 Å². The number of pyridine rings is 1. The van der Waals surface area contributed by atoms with Crippen molar-refractivity contribution in [3.63, 3.8) is 0 Å². The number of carbonyl (C=O) groups is 2. The molecule has 3 rings (SSSR count). The van der Waals surface area contributed by atoms with E-state index in [-0.39, 0.29) is 11.3 Å². The van der Waals surface area contributed by atoms with Gasteiger partial charge in [-0.1, -0.05) is 19.9 Å². The van der Waals surface area contributed by atoms with E-state index in [0.717, 1.165) is 26.1 Å². The summed E-state index contributed by atoms with van der Waals surface area (Å²) < 4.78 is 5.16. The first-order valence-electron chi connectivity index (χ1n) is 10.6. The number of ether oxygens (including phenoxy) is 1. The average molecular weight is 424 g/mol. The third kappa shape index (κ3) is 4.77. The molecule has 1 fully saturated rings. The molecular formula is C24H29N3O4. The monoisotopic (exact) mass is 423 g/mol. The molecule has 2 aromatic rings. The lowest BCUT2D eigenvalue weighted by molar-refractivity contribution is -0.140. The highest BCUT2D eigenvalue weighted by Gasteiger charge is 2.45. The van der Waals surface area contributed by atoms with Gasteiger partial charge < -0.3 is 19.6 Å². The maximum atomic E-state index is 13.0. The van der Waals surface area contributed by atoms with E-state index < -0.39 is 17.7 Å². The van der Waals surface area contributed by atoms with Crippen LogP contribution in [0, 0.1) is 0 Å². The van der Waals surface area contributed by atoms with Crippen LogP contribution in [0.25, 0.3) is 5.76 Å². The summed E-state index contributed by atoms with van der Waals surface area (Å²) in [6, 6.07) is 9.65. The van der Waals surface area contributed by atoms with Crippen molar-refractivity contribution in [3.05, 3.63) is 65.5 Å². The molecule has 0 unspecified atom stereocenters. The second-order valence-electron chi connectivity index (χ2n) is 7.39. The molecule has 0 saturated carbocycles. The van der Waals surface area contributed by atoms with Crippen molar-refractivity contribution in [2.45, 2.75) is 26.3 Å². The zero-order valence-corrected chi connectivity index (χ0v) is 18.2. The van der Waals surface area contributed by atoms with Gasteiger partial charge in [0.05, 0.1) is 18.7 Å². The van der Waals surface area contributed by atoms with Gasteiger partial charge >= 0.3 is 0 Å². The number of aliphatic hydroxyl groups excluding tert-OH is 1. The van der Waals surface area contributed by atoms with Crippen LogP contribution in [0.3, 0.4) is 0 Å². The van der Waals surface area contributed by atoms with E-state index in [1.165, 1.54) is 0 Å². The van der Waals surface area contributed by atoms with Crippen molar-refractivity contribution in [2.75, 3.05) is 33.3 Å². The second kappa shape index (κ2) is 10.2. The zero-order chi connectivity index (χ0) is 22.4. The van der Waals surface area contributed by atoms with Crippen LogP contribution in [0.15, 0.2) is 54.4 Å². The van der Waals surface area contributed by atoms with Crippen molar-refractivity contribution in [2.24, 2.45) is 0 Å². The quantitative estimate of drug-likeness (QED) is 0.379. The minimum absolute atomic E-state index is 0.0889. The topological polar surface area (TPSA) is 83.0 Å². The first kappa shape index (κ1) is 22.5. The fourth-order valence-corrected chi connectivity index (χ4v) is 3.90. The van der Waals surface area contributed by atoms with Crippen molar-refractivity contribution in [1.29, 1.82) is 0 Å². The Morgan fingerprint density at radius 1 is 1.16 bits per heavy atom. The van der Waals surface area contributed by atoms with E-state index in [9.17, 15) is 14.7 Å². The van der Waals surface area contributed by atoms with Gasteiger partial charge in [-0.25, -0.2) is 0 Å². The number of nitrogens with zero attached hydrogens (tertiary/aromatic N) is 3. The predicted octanol–water partition coefficient (Wildman–Crippen LogP) is 3.24. The van der Waals surface area contributed by atoms with Crippen LogP contribution in [-0.2, 0) is 9.59 Å². The Bertz CT molecular complexity index is 937. The highest BCUT2D eigenvalue weighted by Crippen LogP contribution is 2.39. The molecule has 0 aliphatic carbocycles. The number of hydrogen-bond acceptors (Lipinski definition) is 6. The summed E-state index contributed by atoms with van der Waals surface area (Å²) in [7, 11) is 1.56. The minimum atomic E-state index is -0.676. The van der Waals surface area contributed by atoms with Crippen LogP contribution in [0.5, 0.6) is 5.75 Å². The molecule has 7 heteroatoms. The number of rotatable bonds is 9. The largest absolute Gasteiger partial charge is 0.507 e. The summed E-state index contributed by atoms with van der Waals surface area (Å²) in [5.74, 6) is -0.827. The van der Waals surface area contributed by atoms with Crippen LogP contribution in [0.4, 0.5) is 0 Å². The maximum Gasteiger partial charge on any atom is 0.295 e. The standard InChI is InChI=1S/C24H29N3O4/c1-4-26(5-2)14-7-15-27-21(18-8-6-13-25-16-18)20(23(29)24(27)30)22(28)17-9-11-19(31-3)12-10-17/h6,8-13,16,21,28H,4-5,7,14-15H2,1-3H3/t21-/m1/s1. The van der Waals surface area contributed by atoms with Crippen molar-refractivity contribution >= 4 is 17.4 Å². The normalized spacial score (nSPS) is 18.1. The predicted molar refractivity (Wildman–Crippen MR) is 119 cm³/mol. The Kier molecular flexibility index (Phi) is 7.41. The molecule has 1 aromatic heterocycles. The molecule has 1 amide bonds. The SMILES string of the molecule is CCN(CC)CCCN1C(=O)C(=O)C(=C(O)c2ccc(OC)cc2)[C@H]1c1cccnc1. The lowest BCUT2D eigenvalue weighted by Crippen LogP contribution is -2.33. The fourth-order valence-electron chi connectivity index (χ4n) is 3.90. The van der Waals surface area contributed by atoms with Crippen LogP contribution < -0.4 is 4.74 Å². The van der Waals surface area contributed by atoms with Crippen molar-refractivity contribution in [3.8, 4) is 5.75 Å². The first-order valence-corrected chi connectivity index (χ1v) is 10.6. The third-order valence-electron chi connectivity index (χ3n) is 5.67. The number of benzene rings is 1. The molecule has 0 spiro atoms. The van der Waals surface area contributed by atoms with Gasteiger partial charge in [-0.05, 0) is 62.0 Å². The summed E-state index contributed by atoms with van der Waals surface area (Å²) in [5.41, 5.74) is 1.24. The highest BCUT2D eigenvalue weighted by molar-refractivity contribution is 6.46. The number of aliphatic hydroxyl groups is 1. The van der Waals surface area contributed by atoms with E-state index in [2.05, 4.69) is 23.7 Å². The van der Waals surface area contributed by atoms with Crippen LogP contribution in [0.2, 0.25) is 0 Å². The number of hydrogen-bond donors (Lipinski definition) is 1. The molecule has 0 radical (unpaired) electrons. The highest BCUT2D eigenvalue weighted by atomic mass is 16.5. The molecule has 1 saturated heterocycles. The second-order valence-corrected chi connectivity index (χ2v) is 7.39. The summed E-state index contributed by atoms with van der Waals surface area (Å²) >= 11 is 0. The zero-order valence-electron chi connectivity index (χ0n) is 18.2. The van der Waals surface area contributed by atoms with Gasteiger partial charge in [0.25, 0.3) is 11.7 Å². The fraction of sp³-hybridized carbons (Fsp3) is 0.375. The Morgan fingerprint density at radius 3 is 2.45 bits per heavy atom. The van der Waals surface area contributed by atoms with Gasteiger partial charge in [-0.3, -0.25) is 14.6 Å². The molecule has 1 atom stereocenters.